The van der Waals surface area contributed by atoms with Crippen LogP contribution in [-0.2, 0) is 11.2 Å². The Morgan fingerprint density at radius 3 is 2.89 bits per heavy atom. The smallest absolute Gasteiger partial charge is 0.227 e. The van der Waals surface area contributed by atoms with Crippen molar-refractivity contribution in [1.82, 2.24) is 4.90 Å². The number of hydrogen-bond donors (Lipinski definition) is 1. The van der Waals surface area contributed by atoms with E-state index in [0.717, 1.165) is 25.1 Å². The summed E-state index contributed by atoms with van der Waals surface area (Å²) in [4.78, 5) is 13.8. The number of rotatable bonds is 3. The lowest BCUT2D eigenvalue weighted by atomic mass is 10.1. The van der Waals surface area contributed by atoms with Gasteiger partial charge in [-0.05, 0) is 36.6 Å². The van der Waals surface area contributed by atoms with Crippen molar-refractivity contribution in [3.05, 3.63) is 35.6 Å². The molecule has 0 aliphatic carbocycles. The normalized spacial score (nSPS) is 18.6. The quantitative estimate of drug-likeness (QED) is 0.908. The summed E-state index contributed by atoms with van der Waals surface area (Å²) in [6.45, 7) is 2.14. The maximum Gasteiger partial charge on any atom is 0.227 e. The Balaban J connectivity index is 0.00000162. The molecule has 0 aromatic heterocycles. The standard InChI is InChI=1S/C13H17FN2O.ClH/c14-12-3-1-2-10(6-12)7-13(17)16-5-4-11(8-15)9-16;/h1-3,6,11H,4-5,7-9,15H2;1H. The first-order chi connectivity index (χ1) is 8.19. The molecule has 0 spiro atoms. The Morgan fingerprint density at radius 2 is 2.28 bits per heavy atom. The highest BCUT2D eigenvalue weighted by atomic mass is 35.5. The third-order valence-electron chi connectivity index (χ3n) is 3.22. The Labute approximate surface area is 113 Å². The molecular formula is C13H18ClFN2O. The lowest BCUT2D eigenvalue weighted by Gasteiger charge is -2.16. The van der Waals surface area contributed by atoms with Gasteiger partial charge in [0.2, 0.25) is 5.91 Å². The number of hydrogen-bond acceptors (Lipinski definition) is 2. The Hall–Kier alpha value is -1.13. The summed E-state index contributed by atoms with van der Waals surface area (Å²) >= 11 is 0. The summed E-state index contributed by atoms with van der Waals surface area (Å²) in [6, 6.07) is 6.20. The van der Waals surface area contributed by atoms with E-state index in [0.29, 0.717) is 12.5 Å². The van der Waals surface area contributed by atoms with Crippen molar-refractivity contribution in [3.63, 3.8) is 0 Å². The third-order valence-corrected chi connectivity index (χ3v) is 3.22. The van der Waals surface area contributed by atoms with Gasteiger partial charge >= 0.3 is 0 Å². The van der Waals surface area contributed by atoms with Crippen molar-refractivity contribution in [2.24, 2.45) is 11.7 Å². The number of carbonyl (C=O) groups excluding carboxylic acids is 1. The maximum absolute atomic E-state index is 13.0. The molecule has 1 saturated heterocycles. The zero-order chi connectivity index (χ0) is 12.3. The van der Waals surface area contributed by atoms with Crippen LogP contribution in [0.3, 0.4) is 0 Å². The lowest BCUT2D eigenvalue weighted by Crippen LogP contribution is -2.31. The van der Waals surface area contributed by atoms with Gasteiger partial charge in [0.1, 0.15) is 5.82 Å². The Morgan fingerprint density at radius 1 is 1.50 bits per heavy atom. The molecule has 1 amide bonds. The molecule has 2 rings (SSSR count). The summed E-state index contributed by atoms with van der Waals surface area (Å²) in [5.74, 6) is 0.189. The van der Waals surface area contributed by atoms with Gasteiger partial charge in [0, 0.05) is 13.1 Å². The molecule has 1 heterocycles. The van der Waals surface area contributed by atoms with Crippen LogP contribution in [0.1, 0.15) is 12.0 Å². The number of halogens is 2. The van der Waals surface area contributed by atoms with Crippen LogP contribution < -0.4 is 5.73 Å². The van der Waals surface area contributed by atoms with E-state index in [1.807, 2.05) is 4.90 Å². The summed E-state index contributed by atoms with van der Waals surface area (Å²) in [6.07, 6.45) is 1.25. The average Bonchev–Trinajstić information content (AvgIpc) is 2.77. The number of benzene rings is 1. The van der Waals surface area contributed by atoms with Gasteiger partial charge in [-0.3, -0.25) is 4.79 Å². The van der Waals surface area contributed by atoms with E-state index >= 15 is 0 Å². The van der Waals surface area contributed by atoms with Gasteiger partial charge < -0.3 is 10.6 Å². The van der Waals surface area contributed by atoms with Crippen LogP contribution in [0.15, 0.2) is 24.3 Å². The molecule has 1 aliphatic rings. The lowest BCUT2D eigenvalue weighted by molar-refractivity contribution is -0.129. The first kappa shape index (κ1) is 14.9. The van der Waals surface area contributed by atoms with Crippen molar-refractivity contribution in [2.45, 2.75) is 12.8 Å². The van der Waals surface area contributed by atoms with Gasteiger partial charge in [-0.2, -0.15) is 0 Å². The number of likely N-dealkylation sites (tertiary alicyclic amines) is 1. The van der Waals surface area contributed by atoms with Crippen molar-refractivity contribution < 1.29 is 9.18 Å². The second kappa shape index (κ2) is 6.71. The molecule has 2 N–H and O–H groups in total. The first-order valence-electron chi connectivity index (χ1n) is 5.91. The van der Waals surface area contributed by atoms with Crippen LogP contribution in [0.5, 0.6) is 0 Å². The van der Waals surface area contributed by atoms with Gasteiger partial charge in [0.05, 0.1) is 6.42 Å². The second-order valence-electron chi connectivity index (χ2n) is 4.54. The molecule has 0 bridgehead atoms. The van der Waals surface area contributed by atoms with Gasteiger partial charge in [0.15, 0.2) is 0 Å². The fourth-order valence-electron chi connectivity index (χ4n) is 2.18. The topological polar surface area (TPSA) is 46.3 Å². The molecule has 1 aromatic rings. The molecule has 5 heteroatoms. The molecule has 1 unspecified atom stereocenters. The van der Waals surface area contributed by atoms with Crippen molar-refractivity contribution >= 4 is 18.3 Å². The zero-order valence-corrected chi connectivity index (χ0v) is 11.0. The minimum atomic E-state index is -0.295. The summed E-state index contributed by atoms with van der Waals surface area (Å²) in [7, 11) is 0. The Kier molecular flexibility index (Phi) is 5.56. The van der Waals surface area contributed by atoms with E-state index in [4.69, 9.17) is 5.73 Å². The first-order valence-corrected chi connectivity index (χ1v) is 5.91. The van der Waals surface area contributed by atoms with E-state index in [-0.39, 0.29) is 30.6 Å². The molecular weight excluding hydrogens is 255 g/mol. The molecule has 100 valence electrons. The van der Waals surface area contributed by atoms with E-state index in [9.17, 15) is 9.18 Å². The van der Waals surface area contributed by atoms with E-state index in [2.05, 4.69) is 0 Å². The molecule has 1 aromatic carbocycles. The molecule has 1 aliphatic heterocycles. The highest BCUT2D eigenvalue weighted by Crippen LogP contribution is 2.16. The van der Waals surface area contributed by atoms with Crippen LogP contribution in [0.4, 0.5) is 4.39 Å². The van der Waals surface area contributed by atoms with E-state index in [1.165, 1.54) is 12.1 Å². The number of carbonyl (C=O) groups is 1. The van der Waals surface area contributed by atoms with E-state index in [1.54, 1.807) is 12.1 Å². The number of amides is 1. The maximum atomic E-state index is 13.0. The monoisotopic (exact) mass is 272 g/mol. The predicted octanol–water partition coefficient (Wildman–Crippen LogP) is 1.60. The Bertz CT molecular complexity index is 414. The van der Waals surface area contributed by atoms with Crippen molar-refractivity contribution in [1.29, 1.82) is 0 Å². The molecule has 0 saturated carbocycles. The SMILES string of the molecule is Cl.NCC1CCN(C(=O)Cc2cccc(F)c2)C1. The van der Waals surface area contributed by atoms with Crippen LogP contribution >= 0.6 is 12.4 Å². The number of nitrogens with two attached hydrogens (primary N) is 1. The molecule has 1 atom stereocenters. The van der Waals surface area contributed by atoms with Crippen LogP contribution in [0.2, 0.25) is 0 Å². The highest BCUT2D eigenvalue weighted by molar-refractivity contribution is 5.85. The van der Waals surface area contributed by atoms with E-state index < -0.39 is 0 Å². The van der Waals surface area contributed by atoms with Crippen molar-refractivity contribution in [3.8, 4) is 0 Å². The number of nitrogens with zero attached hydrogens (tertiary/aromatic N) is 1. The van der Waals surface area contributed by atoms with Crippen LogP contribution in [0.25, 0.3) is 0 Å². The fourth-order valence-corrected chi connectivity index (χ4v) is 2.18. The minimum Gasteiger partial charge on any atom is -0.342 e. The summed E-state index contributed by atoms with van der Waals surface area (Å²) in [5, 5.41) is 0. The van der Waals surface area contributed by atoms with Crippen LogP contribution in [-0.4, -0.2) is 30.4 Å². The van der Waals surface area contributed by atoms with Gasteiger partial charge in [-0.15, -0.1) is 12.4 Å². The largest absolute Gasteiger partial charge is 0.342 e. The molecule has 0 radical (unpaired) electrons. The summed E-state index contributed by atoms with van der Waals surface area (Å²) < 4.78 is 13.0. The van der Waals surface area contributed by atoms with Gasteiger partial charge in [-0.1, -0.05) is 12.1 Å². The zero-order valence-electron chi connectivity index (χ0n) is 10.1. The average molecular weight is 273 g/mol. The van der Waals surface area contributed by atoms with Gasteiger partial charge in [0.25, 0.3) is 0 Å². The predicted molar refractivity (Wildman–Crippen MR) is 71.1 cm³/mol. The minimum absolute atomic E-state index is 0. The second-order valence-corrected chi connectivity index (χ2v) is 4.54. The highest BCUT2D eigenvalue weighted by Gasteiger charge is 2.24. The van der Waals surface area contributed by atoms with Crippen molar-refractivity contribution in [2.75, 3.05) is 19.6 Å². The molecule has 3 nitrogen and oxygen atoms in total. The molecule has 18 heavy (non-hydrogen) atoms. The third kappa shape index (κ3) is 3.68. The van der Waals surface area contributed by atoms with Gasteiger partial charge in [-0.25, -0.2) is 4.39 Å². The molecule has 1 fully saturated rings. The fraction of sp³-hybridized carbons (Fsp3) is 0.462. The summed E-state index contributed by atoms with van der Waals surface area (Å²) in [5.41, 5.74) is 6.31. The van der Waals surface area contributed by atoms with Crippen LogP contribution in [0, 0.1) is 11.7 Å².